The summed E-state index contributed by atoms with van der Waals surface area (Å²) in [6.07, 6.45) is 0. The number of methoxy groups -OCH3 is 1. The molecule has 18 heavy (non-hydrogen) atoms. The third kappa shape index (κ3) is 2.53. The first-order chi connectivity index (χ1) is 8.60. The summed E-state index contributed by atoms with van der Waals surface area (Å²) in [5, 5.41) is 3.02. The average molecular weight is 246 g/mol. The molecule has 0 unspecified atom stereocenters. The fourth-order valence-corrected chi connectivity index (χ4v) is 1.65. The molecule has 0 fully saturated rings. The molecule has 0 saturated heterocycles. The van der Waals surface area contributed by atoms with Crippen molar-refractivity contribution in [3.05, 3.63) is 47.8 Å². The van der Waals surface area contributed by atoms with Gasteiger partial charge in [-0.25, -0.2) is 4.39 Å². The van der Waals surface area contributed by atoms with Crippen LogP contribution in [-0.4, -0.2) is 7.11 Å². The van der Waals surface area contributed by atoms with Crippen LogP contribution in [0.5, 0.6) is 5.75 Å². The summed E-state index contributed by atoms with van der Waals surface area (Å²) in [4.78, 5) is 0. The zero-order chi connectivity index (χ0) is 13.1. The summed E-state index contributed by atoms with van der Waals surface area (Å²) in [7, 11) is 1.54. The number of halogens is 1. The standard InChI is InChI=1S/C14H15FN2O/c1-9-3-4-10(16)7-13(9)17-14-8-11(18-2)5-6-12(14)15/h3-8,17H,16H2,1-2H3. The lowest BCUT2D eigenvalue weighted by atomic mass is 10.1. The molecule has 0 heterocycles. The van der Waals surface area contributed by atoms with Crippen molar-refractivity contribution in [3.8, 4) is 5.75 Å². The quantitative estimate of drug-likeness (QED) is 0.815. The Morgan fingerprint density at radius 2 is 1.89 bits per heavy atom. The lowest BCUT2D eigenvalue weighted by Gasteiger charge is -2.12. The van der Waals surface area contributed by atoms with Gasteiger partial charge >= 0.3 is 0 Å². The predicted molar refractivity (Wildman–Crippen MR) is 71.8 cm³/mol. The Hall–Kier alpha value is -2.23. The van der Waals surface area contributed by atoms with E-state index < -0.39 is 0 Å². The van der Waals surface area contributed by atoms with E-state index in [2.05, 4.69) is 5.32 Å². The van der Waals surface area contributed by atoms with E-state index in [1.807, 2.05) is 19.1 Å². The third-order valence-corrected chi connectivity index (χ3v) is 2.70. The second-order valence-corrected chi connectivity index (χ2v) is 4.05. The van der Waals surface area contributed by atoms with Gasteiger partial charge in [-0.1, -0.05) is 6.07 Å². The molecule has 2 rings (SSSR count). The minimum Gasteiger partial charge on any atom is -0.497 e. The van der Waals surface area contributed by atoms with Gasteiger partial charge in [0.05, 0.1) is 12.8 Å². The number of benzene rings is 2. The van der Waals surface area contributed by atoms with Crippen LogP contribution in [0, 0.1) is 12.7 Å². The van der Waals surface area contributed by atoms with Gasteiger partial charge in [-0.2, -0.15) is 0 Å². The van der Waals surface area contributed by atoms with E-state index in [1.165, 1.54) is 6.07 Å². The summed E-state index contributed by atoms with van der Waals surface area (Å²) in [6.45, 7) is 1.93. The first kappa shape index (κ1) is 12.2. The number of hydrogen-bond acceptors (Lipinski definition) is 3. The van der Waals surface area contributed by atoms with Crippen LogP contribution in [0.25, 0.3) is 0 Å². The SMILES string of the molecule is COc1ccc(F)c(Nc2cc(N)ccc2C)c1. The van der Waals surface area contributed by atoms with E-state index >= 15 is 0 Å². The number of nitrogen functional groups attached to an aromatic ring is 1. The molecule has 0 aliphatic rings. The van der Waals surface area contributed by atoms with Crippen molar-refractivity contribution in [1.82, 2.24) is 0 Å². The highest BCUT2D eigenvalue weighted by Crippen LogP contribution is 2.27. The topological polar surface area (TPSA) is 47.3 Å². The fraction of sp³-hybridized carbons (Fsp3) is 0.143. The molecule has 94 valence electrons. The van der Waals surface area contributed by atoms with Crippen molar-refractivity contribution < 1.29 is 9.13 Å². The lowest BCUT2D eigenvalue weighted by molar-refractivity contribution is 0.414. The molecular formula is C14H15FN2O. The minimum absolute atomic E-state index is 0.336. The Kier molecular flexibility index (Phi) is 3.37. The molecule has 0 aliphatic heterocycles. The molecule has 0 atom stereocenters. The monoisotopic (exact) mass is 246 g/mol. The normalized spacial score (nSPS) is 10.2. The van der Waals surface area contributed by atoms with Gasteiger partial charge in [-0.05, 0) is 36.8 Å². The summed E-state index contributed by atoms with van der Waals surface area (Å²) < 4.78 is 18.7. The van der Waals surface area contributed by atoms with E-state index in [0.717, 1.165) is 11.3 Å². The number of rotatable bonds is 3. The maximum atomic E-state index is 13.7. The van der Waals surface area contributed by atoms with Crippen LogP contribution >= 0.6 is 0 Å². The van der Waals surface area contributed by atoms with Crippen LogP contribution in [0.3, 0.4) is 0 Å². The van der Waals surface area contributed by atoms with Gasteiger partial charge in [-0.15, -0.1) is 0 Å². The molecule has 4 heteroatoms. The molecule has 0 radical (unpaired) electrons. The van der Waals surface area contributed by atoms with Crippen molar-refractivity contribution in [2.75, 3.05) is 18.2 Å². The van der Waals surface area contributed by atoms with Crippen molar-refractivity contribution in [1.29, 1.82) is 0 Å². The van der Waals surface area contributed by atoms with Crippen molar-refractivity contribution in [2.45, 2.75) is 6.92 Å². The van der Waals surface area contributed by atoms with Gasteiger partial charge in [0.2, 0.25) is 0 Å². The van der Waals surface area contributed by atoms with Crippen molar-refractivity contribution in [3.63, 3.8) is 0 Å². The van der Waals surface area contributed by atoms with Gasteiger partial charge in [0.15, 0.2) is 0 Å². The zero-order valence-electron chi connectivity index (χ0n) is 10.3. The molecule has 2 aromatic carbocycles. The molecule has 3 N–H and O–H groups in total. The molecule has 0 aromatic heterocycles. The molecule has 0 spiro atoms. The maximum Gasteiger partial charge on any atom is 0.146 e. The Balaban J connectivity index is 2.36. The van der Waals surface area contributed by atoms with Crippen LogP contribution in [0.15, 0.2) is 36.4 Å². The average Bonchev–Trinajstić information content (AvgIpc) is 2.36. The molecule has 0 amide bonds. The van der Waals surface area contributed by atoms with Crippen LogP contribution in [0.4, 0.5) is 21.5 Å². The highest BCUT2D eigenvalue weighted by molar-refractivity contribution is 5.68. The van der Waals surface area contributed by atoms with Crippen molar-refractivity contribution >= 4 is 17.1 Å². The number of nitrogens with one attached hydrogen (secondary N) is 1. The third-order valence-electron chi connectivity index (χ3n) is 2.70. The minimum atomic E-state index is -0.336. The first-order valence-electron chi connectivity index (χ1n) is 5.57. The first-order valence-corrected chi connectivity index (χ1v) is 5.57. The Morgan fingerprint density at radius 1 is 1.11 bits per heavy atom. The predicted octanol–water partition coefficient (Wildman–Crippen LogP) is 3.47. The smallest absolute Gasteiger partial charge is 0.146 e. The second-order valence-electron chi connectivity index (χ2n) is 4.05. The van der Waals surface area contributed by atoms with Gasteiger partial charge in [0.1, 0.15) is 11.6 Å². The van der Waals surface area contributed by atoms with Crippen LogP contribution in [0.2, 0.25) is 0 Å². The number of hydrogen-bond donors (Lipinski definition) is 2. The van der Waals surface area contributed by atoms with Gasteiger partial charge < -0.3 is 15.8 Å². The molecule has 3 nitrogen and oxygen atoms in total. The van der Waals surface area contributed by atoms with Crippen LogP contribution in [-0.2, 0) is 0 Å². The van der Waals surface area contributed by atoms with E-state index in [4.69, 9.17) is 10.5 Å². The highest BCUT2D eigenvalue weighted by atomic mass is 19.1. The Labute approximate surface area is 105 Å². The maximum absolute atomic E-state index is 13.7. The Morgan fingerprint density at radius 3 is 2.61 bits per heavy atom. The number of nitrogens with two attached hydrogens (primary N) is 1. The van der Waals surface area contributed by atoms with E-state index in [9.17, 15) is 4.39 Å². The van der Waals surface area contributed by atoms with Gasteiger partial charge in [0.25, 0.3) is 0 Å². The largest absolute Gasteiger partial charge is 0.497 e. The van der Waals surface area contributed by atoms with E-state index in [1.54, 1.807) is 25.3 Å². The van der Waals surface area contributed by atoms with E-state index in [0.29, 0.717) is 17.1 Å². The molecule has 0 bridgehead atoms. The highest BCUT2D eigenvalue weighted by Gasteiger charge is 2.06. The van der Waals surface area contributed by atoms with Gasteiger partial charge in [0, 0.05) is 17.4 Å². The number of aryl methyl sites for hydroxylation is 1. The fourth-order valence-electron chi connectivity index (χ4n) is 1.65. The zero-order valence-corrected chi connectivity index (χ0v) is 10.3. The van der Waals surface area contributed by atoms with Crippen molar-refractivity contribution in [2.24, 2.45) is 0 Å². The molecule has 2 aromatic rings. The molecule has 0 aliphatic carbocycles. The Bertz CT molecular complexity index is 570. The lowest BCUT2D eigenvalue weighted by Crippen LogP contribution is -1.98. The summed E-state index contributed by atoms with van der Waals surface area (Å²) in [5.41, 5.74) is 8.48. The molecule has 0 saturated carbocycles. The number of anilines is 3. The second kappa shape index (κ2) is 4.96. The van der Waals surface area contributed by atoms with Gasteiger partial charge in [-0.3, -0.25) is 0 Å². The summed E-state index contributed by atoms with van der Waals surface area (Å²) >= 11 is 0. The number of ether oxygens (including phenoxy) is 1. The summed E-state index contributed by atoms with van der Waals surface area (Å²) in [6, 6.07) is 10.0. The molecular weight excluding hydrogens is 231 g/mol. The summed E-state index contributed by atoms with van der Waals surface area (Å²) in [5.74, 6) is 0.262. The van der Waals surface area contributed by atoms with Crippen LogP contribution in [0.1, 0.15) is 5.56 Å². The van der Waals surface area contributed by atoms with Crippen LogP contribution < -0.4 is 15.8 Å². The van der Waals surface area contributed by atoms with E-state index in [-0.39, 0.29) is 5.82 Å².